The van der Waals surface area contributed by atoms with Crippen molar-refractivity contribution in [1.29, 1.82) is 0 Å². The third-order valence-corrected chi connectivity index (χ3v) is 5.67. The molecule has 1 saturated heterocycles. The highest BCUT2D eigenvalue weighted by molar-refractivity contribution is 6.65. The van der Waals surface area contributed by atoms with Gasteiger partial charge < -0.3 is 14.0 Å². The van der Waals surface area contributed by atoms with Crippen LogP contribution in [0, 0.1) is 0 Å². The lowest BCUT2D eigenvalue weighted by Crippen LogP contribution is -2.41. The maximum Gasteiger partial charge on any atom is 0.497 e. The third-order valence-electron chi connectivity index (χ3n) is 5.46. The van der Waals surface area contributed by atoms with E-state index < -0.39 is 18.3 Å². The Kier molecular flexibility index (Phi) is 4.82. The number of ether oxygens (including phenoxy) is 1. The van der Waals surface area contributed by atoms with Crippen molar-refractivity contribution < 1.29 is 14.0 Å². The second-order valence-corrected chi connectivity index (χ2v) is 8.32. The first-order valence-electron chi connectivity index (χ1n) is 9.23. The SMILES string of the molecule is CC1(C)OB(c2cnc(OCc3ccccc3)c3cnc(Cl)cc23)OC1(C)C. The third kappa shape index (κ3) is 3.48. The van der Waals surface area contributed by atoms with Crippen molar-refractivity contribution in [3.8, 4) is 5.88 Å². The van der Waals surface area contributed by atoms with Crippen LogP contribution in [-0.4, -0.2) is 28.3 Å². The van der Waals surface area contributed by atoms with Gasteiger partial charge in [-0.1, -0.05) is 41.9 Å². The molecule has 0 spiro atoms. The molecule has 2 aromatic heterocycles. The molecule has 144 valence electrons. The van der Waals surface area contributed by atoms with Crippen molar-refractivity contribution >= 4 is 35.0 Å². The molecule has 0 amide bonds. The Morgan fingerprint density at radius 1 is 0.964 bits per heavy atom. The topological polar surface area (TPSA) is 53.5 Å². The molecule has 7 heteroatoms. The van der Waals surface area contributed by atoms with E-state index in [0.717, 1.165) is 21.8 Å². The summed E-state index contributed by atoms with van der Waals surface area (Å²) in [5.74, 6) is 0.503. The van der Waals surface area contributed by atoms with Crippen LogP contribution in [-0.2, 0) is 15.9 Å². The van der Waals surface area contributed by atoms with E-state index in [-0.39, 0.29) is 0 Å². The summed E-state index contributed by atoms with van der Waals surface area (Å²) in [6, 6.07) is 11.8. The first-order valence-corrected chi connectivity index (χ1v) is 9.61. The van der Waals surface area contributed by atoms with Crippen molar-refractivity contribution in [1.82, 2.24) is 9.97 Å². The van der Waals surface area contributed by atoms with E-state index in [1.165, 1.54) is 0 Å². The van der Waals surface area contributed by atoms with E-state index in [1.807, 2.05) is 58.0 Å². The quantitative estimate of drug-likeness (QED) is 0.489. The predicted molar refractivity (Wildman–Crippen MR) is 111 cm³/mol. The summed E-state index contributed by atoms with van der Waals surface area (Å²) in [5, 5.41) is 2.02. The minimum absolute atomic E-state index is 0.394. The number of nitrogens with zero attached hydrogens (tertiary/aromatic N) is 2. The lowest BCUT2D eigenvalue weighted by molar-refractivity contribution is 0.00578. The van der Waals surface area contributed by atoms with Crippen molar-refractivity contribution in [2.24, 2.45) is 0 Å². The van der Waals surface area contributed by atoms with E-state index in [1.54, 1.807) is 18.5 Å². The Morgan fingerprint density at radius 3 is 2.32 bits per heavy atom. The van der Waals surface area contributed by atoms with Gasteiger partial charge in [0.05, 0.1) is 16.6 Å². The van der Waals surface area contributed by atoms with Gasteiger partial charge >= 0.3 is 7.12 Å². The first kappa shape index (κ1) is 19.2. The highest BCUT2D eigenvalue weighted by Crippen LogP contribution is 2.37. The molecule has 3 aromatic rings. The van der Waals surface area contributed by atoms with E-state index in [4.69, 9.17) is 25.6 Å². The second kappa shape index (κ2) is 7.03. The van der Waals surface area contributed by atoms with Crippen LogP contribution in [0.15, 0.2) is 48.8 Å². The van der Waals surface area contributed by atoms with Crippen molar-refractivity contribution in [3.05, 3.63) is 59.5 Å². The molecule has 0 N–H and O–H groups in total. The summed E-state index contributed by atoms with van der Waals surface area (Å²) in [6.45, 7) is 8.51. The molecule has 0 bridgehead atoms. The number of rotatable bonds is 4. The summed E-state index contributed by atoms with van der Waals surface area (Å²) in [5.41, 5.74) is 0.992. The number of hydrogen-bond acceptors (Lipinski definition) is 5. The molecule has 28 heavy (non-hydrogen) atoms. The lowest BCUT2D eigenvalue weighted by Gasteiger charge is -2.32. The summed E-state index contributed by atoms with van der Waals surface area (Å²) < 4.78 is 18.4. The van der Waals surface area contributed by atoms with Gasteiger partial charge in [0.25, 0.3) is 0 Å². The average molecular weight is 397 g/mol. The highest BCUT2D eigenvalue weighted by atomic mass is 35.5. The summed E-state index contributed by atoms with van der Waals surface area (Å²) in [7, 11) is -0.540. The Hall–Kier alpha value is -2.15. The average Bonchev–Trinajstić information content (AvgIpc) is 2.87. The number of pyridine rings is 2. The molecule has 5 nitrogen and oxygen atoms in total. The number of benzene rings is 1. The van der Waals surface area contributed by atoms with Gasteiger partial charge in [-0.15, -0.1) is 0 Å². The highest BCUT2D eigenvalue weighted by Gasteiger charge is 2.52. The molecule has 4 rings (SSSR count). The normalized spacial score (nSPS) is 17.8. The van der Waals surface area contributed by atoms with Gasteiger partial charge in [-0.25, -0.2) is 9.97 Å². The fraction of sp³-hybridized carbons (Fsp3) is 0.333. The molecule has 1 aliphatic rings. The summed E-state index contributed by atoms with van der Waals surface area (Å²) in [6.07, 6.45) is 3.42. The van der Waals surface area contributed by atoms with Crippen LogP contribution < -0.4 is 10.2 Å². The Balaban J connectivity index is 1.71. The van der Waals surface area contributed by atoms with E-state index in [2.05, 4.69) is 9.97 Å². The second-order valence-electron chi connectivity index (χ2n) is 7.93. The Labute approximate surface area is 170 Å². The standard InChI is InChI=1S/C21H22BClN2O3/c1-20(2)21(3,4)28-22(27-20)17-12-25-19(16-11-24-18(23)10-15(16)17)26-13-14-8-6-5-7-9-14/h5-12H,13H2,1-4H3. The maximum absolute atomic E-state index is 6.20. The minimum Gasteiger partial charge on any atom is -0.472 e. The zero-order chi connectivity index (χ0) is 19.9. The van der Waals surface area contributed by atoms with Crippen LogP contribution in [0.1, 0.15) is 33.3 Å². The van der Waals surface area contributed by atoms with E-state index in [9.17, 15) is 0 Å². The first-order chi connectivity index (χ1) is 13.3. The largest absolute Gasteiger partial charge is 0.497 e. The van der Waals surface area contributed by atoms with Gasteiger partial charge in [0.1, 0.15) is 11.8 Å². The van der Waals surface area contributed by atoms with Gasteiger partial charge in [-0.05, 0) is 44.7 Å². The van der Waals surface area contributed by atoms with E-state index in [0.29, 0.717) is 17.6 Å². The molecule has 1 fully saturated rings. The van der Waals surface area contributed by atoms with Crippen LogP contribution in [0.2, 0.25) is 5.15 Å². The molecule has 0 saturated carbocycles. The Morgan fingerprint density at radius 2 is 1.64 bits per heavy atom. The van der Waals surface area contributed by atoms with Crippen molar-refractivity contribution in [2.45, 2.75) is 45.5 Å². The molecular weight excluding hydrogens is 375 g/mol. The van der Waals surface area contributed by atoms with Crippen molar-refractivity contribution in [2.75, 3.05) is 0 Å². The van der Waals surface area contributed by atoms with Crippen LogP contribution in [0.25, 0.3) is 10.8 Å². The molecule has 0 aliphatic carbocycles. The number of halogens is 1. The lowest BCUT2D eigenvalue weighted by atomic mass is 9.77. The zero-order valence-corrected chi connectivity index (χ0v) is 17.2. The van der Waals surface area contributed by atoms with Gasteiger partial charge in [0.15, 0.2) is 0 Å². The molecular formula is C21H22BClN2O3. The number of aromatic nitrogens is 2. The summed E-state index contributed by atoms with van der Waals surface area (Å²) >= 11 is 6.18. The van der Waals surface area contributed by atoms with Gasteiger partial charge in [-0.3, -0.25) is 0 Å². The molecule has 0 radical (unpaired) electrons. The van der Waals surface area contributed by atoms with Crippen molar-refractivity contribution in [3.63, 3.8) is 0 Å². The zero-order valence-electron chi connectivity index (χ0n) is 16.4. The molecule has 1 aromatic carbocycles. The number of fused-ring (bicyclic) bond motifs is 1. The van der Waals surface area contributed by atoms with Crippen LogP contribution in [0.4, 0.5) is 0 Å². The van der Waals surface area contributed by atoms with Crippen LogP contribution in [0.3, 0.4) is 0 Å². The monoisotopic (exact) mass is 396 g/mol. The van der Waals surface area contributed by atoms with Crippen LogP contribution >= 0.6 is 11.6 Å². The predicted octanol–water partition coefficient (Wildman–Crippen LogP) is 4.16. The Bertz CT molecular complexity index is 995. The van der Waals surface area contributed by atoms with E-state index >= 15 is 0 Å². The smallest absolute Gasteiger partial charge is 0.472 e. The summed E-state index contributed by atoms with van der Waals surface area (Å²) in [4.78, 5) is 8.74. The minimum atomic E-state index is -0.540. The molecule has 0 atom stereocenters. The van der Waals surface area contributed by atoms with Gasteiger partial charge in [0, 0.05) is 17.9 Å². The fourth-order valence-electron chi connectivity index (χ4n) is 3.11. The fourth-order valence-corrected chi connectivity index (χ4v) is 3.26. The van der Waals surface area contributed by atoms with Gasteiger partial charge in [-0.2, -0.15) is 0 Å². The molecule has 1 aliphatic heterocycles. The maximum atomic E-state index is 6.20. The van der Waals surface area contributed by atoms with Crippen LogP contribution in [0.5, 0.6) is 5.88 Å². The molecule has 0 unspecified atom stereocenters. The van der Waals surface area contributed by atoms with Gasteiger partial charge in [0.2, 0.25) is 5.88 Å². The molecule has 3 heterocycles. The number of hydrogen-bond donors (Lipinski definition) is 0.